The van der Waals surface area contributed by atoms with Crippen LogP contribution in [0.1, 0.15) is 27.2 Å². The molecule has 0 aromatic rings. The molecule has 1 amide bonds. The van der Waals surface area contributed by atoms with Crippen molar-refractivity contribution in [2.75, 3.05) is 32.8 Å². The Bertz CT molecular complexity index is 388. The normalized spacial score (nSPS) is 10.6. The van der Waals surface area contributed by atoms with Crippen LogP contribution >= 0.6 is 0 Å². The number of nitrogens with zero attached hydrogens (tertiary/aromatic N) is 4. The lowest BCUT2D eigenvalue weighted by Gasteiger charge is -2.27. The average molecular weight is 302 g/mol. The van der Waals surface area contributed by atoms with E-state index in [2.05, 4.69) is 10.0 Å². The Morgan fingerprint density at radius 3 is 2.48 bits per heavy atom. The summed E-state index contributed by atoms with van der Waals surface area (Å²) in [5.41, 5.74) is 7.44. The van der Waals surface area contributed by atoms with Crippen molar-refractivity contribution in [3.63, 3.8) is 0 Å². The number of amides is 1. The van der Waals surface area contributed by atoms with E-state index in [1.165, 1.54) is 4.90 Å². The van der Waals surface area contributed by atoms with Gasteiger partial charge in [0.2, 0.25) is 0 Å². The SMILES string of the molecule is CC(C)(C)OC(=O)N(CCOCCN=[N+]=[N-])CCC(=O)O. The molecule has 0 rings (SSSR count). The van der Waals surface area contributed by atoms with Crippen molar-refractivity contribution < 1.29 is 24.2 Å². The summed E-state index contributed by atoms with van der Waals surface area (Å²) in [4.78, 5) is 26.4. The molecule has 0 unspecified atom stereocenters. The molecule has 0 saturated carbocycles. The van der Waals surface area contributed by atoms with Crippen molar-refractivity contribution in [3.05, 3.63) is 10.4 Å². The predicted molar refractivity (Wildman–Crippen MR) is 74.9 cm³/mol. The molecule has 21 heavy (non-hydrogen) atoms. The largest absolute Gasteiger partial charge is 0.481 e. The van der Waals surface area contributed by atoms with E-state index < -0.39 is 17.7 Å². The lowest BCUT2D eigenvalue weighted by Crippen LogP contribution is -2.40. The van der Waals surface area contributed by atoms with Crippen molar-refractivity contribution in [1.29, 1.82) is 0 Å². The molecule has 9 nitrogen and oxygen atoms in total. The summed E-state index contributed by atoms with van der Waals surface area (Å²) in [6.45, 7) is 6.11. The Labute approximate surface area is 123 Å². The fourth-order valence-electron chi connectivity index (χ4n) is 1.28. The molecule has 1 N–H and O–H groups in total. The van der Waals surface area contributed by atoms with Crippen LogP contribution in [0.5, 0.6) is 0 Å². The van der Waals surface area contributed by atoms with Gasteiger partial charge in [0.05, 0.1) is 19.6 Å². The van der Waals surface area contributed by atoms with Crippen molar-refractivity contribution in [2.24, 2.45) is 5.11 Å². The number of hydrogen-bond donors (Lipinski definition) is 1. The van der Waals surface area contributed by atoms with Crippen LogP contribution in [0, 0.1) is 0 Å². The van der Waals surface area contributed by atoms with Gasteiger partial charge in [0, 0.05) is 24.5 Å². The van der Waals surface area contributed by atoms with Crippen LogP contribution in [0.25, 0.3) is 10.4 Å². The molecule has 0 aromatic heterocycles. The maximum atomic E-state index is 11.9. The molecule has 0 aliphatic rings. The first-order valence-corrected chi connectivity index (χ1v) is 6.54. The van der Waals surface area contributed by atoms with Gasteiger partial charge in [0.1, 0.15) is 5.60 Å². The quantitative estimate of drug-likeness (QED) is 0.302. The van der Waals surface area contributed by atoms with Gasteiger partial charge in [-0.3, -0.25) is 4.79 Å². The fourth-order valence-corrected chi connectivity index (χ4v) is 1.28. The Hall–Kier alpha value is -1.99. The topological polar surface area (TPSA) is 125 Å². The summed E-state index contributed by atoms with van der Waals surface area (Å²) in [5.74, 6) is -0.993. The van der Waals surface area contributed by atoms with Gasteiger partial charge in [-0.25, -0.2) is 4.79 Å². The first kappa shape index (κ1) is 19.0. The monoisotopic (exact) mass is 302 g/mol. The zero-order valence-electron chi connectivity index (χ0n) is 12.6. The molecule has 0 aliphatic heterocycles. The Kier molecular flexibility index (Phi) is 8.91. The molecule has 0 heterocycles. The zero-order valence-corrected chi connectivity index (χ0v) is 12.6. The molecule has 0 aliphatic carbocycles. The summed E-state index contributed by atoms with van der Waals surface area (Å²) >= 11 is 0. The van der Waals surface area contributed by atoms with E-state index in [1.54, 1.807) is 20.8 Å². The van der Waals surface area contributed by atoms with E-state index in [1.807, 2.05) is 0 Å². The molecule has 0 aromatic carbocycles. The van der Waals surface area contributed by atoms with Gasteiger partial charge in [-0.1, -0.05) is 5.11 Å². The predicted octanol–water partition coefficient (Wildman–Crippen LogP) is 2.03. The maximum absolute atomic E-state index is 11.9. The highest BCUT2D eigenvalue weighted by Crippen LogP contribution is 2.10. The summed E-state index contributed by atoms with van der Waals surface area (Å²) in [6, 6.07) is 0. The molecule has 120 valence electrons. The van der Waals surface area contributed by atoms with Gasteiger partial charge in [0.25, 0.3) is 0 Å². The molecule has 0 spiro atoms. The lowest BCUT2D eigenvalue weighted by molar-refractivity contribution is -0.137. The number of hydrogen-bond acceptors (Lipinski definition) is 5. The number of carboxylic acids is 1. The minimum Gasteiger partial charge on any atom is -0.481 e. The van der Waals surface area contributed by atoms with Crippen LogP contribution in [-0.4, -0.2) is 60.5 Å². The zero-order chi connectivity index (χ0) is 16.3. The molecule has 9 heteroatoms. The van der Waals surface area contributed by atoms with E-state index in [0.717, 1.165) is 0 Å². The fraction of sp³-hybridized carbons (Fsp3) is 0.833. The molecular formula is C12H22N4O5. The smallest absolute Gasteiger partial charge is 0.410 e. The van der Waals surface area contributed by atoms with Crippen LogP contribution in [-0.2, 0) is 14.3 Å². The average Bonchev–Trinajstić information content (AvgIpc) is 2.34. The van der Waals surface area contributed by atoms with Crippen molar-refractivity contribution in [2.45, 2.75) is 32.8 Å². The Morgan fingerprint density at radius 2 is 1.95 bits per heavy atom. The maximum Gasteiger partial charge on any atom is 0.410 e. The Balaban J connectivity index is 4.28. The number of azide groups is 1. The molecule has 0 radical (unpaired) electrons. The second-order valence-corrected chi connectivity index (χ2v) is 5.18. The third-order valence-corrected chi connectivity index (χ3v) is 2.15. The first-order valence-electron chi connectivity index (χ1n) is 6.54. The lowest BCUT2D eigenvalue weighted by atomic mass is 10.2. The van der Waals surface area contributed by atoms with Gasteiger partial charge in [-0.15, -0.1) is 0 Å². The summed E-state index contributed by atoms with van der Waals surface area (Å²) < 4.78 is 10.4. The first-order chi connectivity index (χ1) is 9.76. The van der Waals surface area contributed by atoms with Crippen molar-refractivity contribution in [3.8, 4) is 0 Å². The number of rotatable bonds is 9. The molecule has 0 saturated heterocycles. The summed E-state index contributed by atoms with van der Waals surface area (Å²) in [5, 5.41) is 12.0. The van der Waals surface area contributed by atoms with E-state index in [-0.39, 0.29) is 39.3 Å². The van der Waals surface area contributed by atoms with Crippen LogP contribution in [0.3, 0.4) is 0 Å². The number of aliphatic carboxylic acids is 1. The van der Waals surface area contributed by atoms with Crippen molar-refractivity contribution in [1.82, 2.24) is 4.90 Å². The number of carbonyl (C=O) groups excluding carboxylic acids is 1. The minimum absolute atomic E-state index is 0.0456. The highest BCUT2D eigenvalue weighted by Gasteiger charge is 2.22. The van der Waals surface area contributed by atoms with Crippen LogP contribution in [0.15, 0.2) is 5.11 Å². The summed E-state index contributed by atoms with van der Waals surface area (Å²) in [7, 11) is 0. The second kappa shape index (κ2) is 9.84. The highest BCUT2D eigenvalue weighted by molar-refractivity contribution is 5.70. The van der Waals surface area contributed by atoms with E-state index >= 15 is 0 Å². The van der Waals surface area contributed by atoms with E-state index in [4.69, 9.17) is 20.1 Å². The van der Waals surface area contributed by atoms with Gasteiger partial charge >= 0.3 is 12.1 Å². The number of carboxylic acid groups (broad SMARTS) is 1. The van der Waals surface area contributed by atoms with Crippen LogP contribution < -0.4 is 0 Å². The van der Waals surface area contributed by atoms with Crippen molar-refractivity contribution >= 4 is 12.1 Å². The van der Waals surface area contributed by atoms with Gasteiger partial charge < -0.3 is 19.5 Å². The van der Waals surface area contributed by atoms with Gasteiger partial charge in [-0.2, -0.15) is 0 Å². The number of ether oxygens (including phenoxy) is 2. The van der Waals surface area contributed by atoms with Crippen LogP contribution in [0.2, 0.25) is 0 Å². The molecular weight excluding hydrogens is 280 g/mol. The third-order valence-electron chi connectivity index (χ3n) is 2.15. The molecule has 0 fully saturated rings. The molecule has 0 atom stereocenters. The van der Waals surface area contributed by atoms with Crippen LogP contribution in [0.4, 0.5) is 4.79 Å². The van der Waals surface area contributed by atoms with E-state index in [0.29, 0.717) is 0 Å². The molecule has 0 bridgehead atoms. The van der Waals surface area contributed by atoms with Gasteiger partial charge in [-0.05, 0) is 26.3 Å². The van der Waals surface area contributed by atoms with E-state index in [9.17, 15) is 9.59 Å². The minimum atomic E-state index is -0.993. The Morgan fingerprint density at radius 1 is 1.29 bits per heavy atom. The number of carbonyl (C=O) groups is 2. The summed E-state index contributed by atoms with van der Waals surface area (Å²) in [6.07, 6.45) is -0.750. The standard InChI is InChI=1S/C12H22N4O5/c1-12(2,3)21-11(19)16(6-4-10(17)18)7-9-20-8-5-14-15-13/h4-9H2,1-3H3,(H,17,18). The highest BCUT2D eigenvalue weighted by atomic mass is 16.6. The third kappa shape index (κ3) is 11.5. The van der Waals surface area contributed by atoms with Gasteiger partial charge in [0.15, 0.2) is 0 Å². The second-order valence-electron chi connectivity index (χ2n) is 5.18.